The van der Waals surface area contributed by atoms with Gasteiger partial charge in [0.15, 0.2) is 5.78 Å². The Labute approximate surface area is 83.6 Å². The first-order valence-electron chi connectivity index (χ1n) is 4.03. The molecule has 0 atom stereocenters. The fourth-order valence-electron chi connectivity index (χ4n) is 0.989. The van der Waals surface area contributed by atoms with Crippen molar-refractivity contribution in [2.45, 2.75) is 25.9 Å². The normalized spacial score (nSPS) is 11.7. The first kappa shape index (κ1) is 11.2. The van der Waals surface area contributed by atoms with Gasteiger partial charge in [0.25, 0.3) is 0 Å². The van der Waals surface area contributed by atoms with Crippen molar-refractivity contribution in [1.29, 1.82) is 0 Å². The Morgan fingerprint density at radius 3 is 2.57 bits per heavy atom. The van der Waals surface area contributed by atoms with Crippen LogP contribution in [-0.4, -0.2) is 12.0 Å². The van der Waals surface area contributed by atoms with Crippen molar-refractivity contribution < 1.29 is 18.0 Å². The number of aryl methyl sites for hydroxylation is 1. The van der Waals surface area contributed by atoms with Crippen LogP contribution >= 0.6 is 11.3 Å². The van der Waals surface area contributed by atoms with E-state index >= 15 is 0 Å². The van der Waals surface area contributed by atoms with Crippen LogP contribution in [0, 0.1) is 6.92 Å². The lowest BCUT2D eigenvalue weighted by Gasteiger charge is -2.03. The summed E-state index contributed by atoms with van der Waals surface area (Å²) >= 11 is 1.36. The van der Waals surface area contributed by atoms with Crippen LogP contribution in [-0.2, 0) is 0 Å². The Hall–Kier alpha value is -0.840. The van der Waals surface area contributed by atoms with Crippen molar-refractivity contribution in [2.75, 3.05) is 0 Å². The van der Waals surface area contributed by atoms with Gasteiger partial charge in [-0.1, -0.05) is 0 Å². The van der Waals surface area contributed by atoms with E-state index in [1.54, 1.807) is 11.4 Å². The highest BCUT2D eigenvalue weighted by atomic mass is 32.1. The van der Waals surface area contributed by atoms with E-state index in [9.17, 15) is 18.0 Å². The lowest BCUT2D eigenvalue weighted by Crippen LogP contribution is -2.10. The summed E-state index contributed by atoms with van der Waals surface area (Å²) in [5.74, 6) is -0.438. The zero-order chi connectivity index (χ0) is 10.8. The number of carbonyl (C=O) groups excluding carboxylic acids is 1. The second kappa shape index (κ2) is 4.13. The van der Waals surface area contributed by atoms with Crippen LogP contribution in [0.3, 0.4) is 0 Å². The van der Waals surface area contributed by atoms with Crippen LogP contribution in [0.1, 0.15) is 28.1 Å². The van der Waals surface area contributed by atoms with E-state index in [1.165, 1.54) is 11.3 Å². The number of ketones is 1. The van der Waals surface area contributed by atoms with Crippen molar-refractivity contribution in [3.63, 3.8) is 0 Å². The molecule has 0 saturated carbocycles. The molecule has 1 heterocycles. The van der Waals surface area contributed by atoms with Crippen LogP contribution in [0.25, 0.3) is 0 Å². The van der Waals surface area contributed by atoms with Gasteiger partial charge in [-0.2, -0.15) is 13.2 Å². The average molecular weight is 222 g/mol. The van der Waals surface area contributed by atoms with Crippen molar-refractivity contribution in [1.82, 2.24) is 0 Å². The number of rotatable bonds is 3. The first-order chi connectivity index (χ1) is 6.38. The third-order valence-corrected chi connectivity index (χ3v) is 2.55. The number of alkyl halides is 3. The average Bonchev–Trinajstić information content (AvgIpc) is 2.46. The summed E-state index contributed by atoms with van der Waals surface area (Å²) in [6.07, 6.45) is -5.75. The van der Waals surface area contributed by atoms with Gasteiger partial charge in [0.2, 0.25) is 0 Å². The van der Waals surface area contributed by atoms with Crippen molar-refractivity contribution in [3.8, 4) is 0 Å². The molecule has 0 fully saturated rings. The van der Waals surface area contributed by atoms with Gasteiger partial charge < -0.3 is 0 Å². The minimum absolute atomic E-state index is 0.386. The van der Waals surface area contributed by atoms with E-state index in [0.29, 0.717) is 5.56 Å². The third-order valence-electron chi connectivity index (χ3n) is 1.69. The Bertz CT molecular complexity index is 327. The number of hydrogen-bond donors (Lipinski definition) is 0. The van der Waals surface area contributed by atoms with E-state index in [0.717, 1.165) is 4.88 Å². The molecule has 78 valence electrons. The molecule has 0 aliphatic rings. The molecule has 0 unspecified atom stereocenters. The predicted octanol–water partition coefficient (Wildman–Crippen LogP) is 3.58. The maximum atomic E-state index is 11.8. The van der Waals surface area contributed by atoms with E-state index in [-0.39, 0.29) is 0 Å². The molecule has 0 radical (unpaired) electrons. The molecule has 0 N–H and O–H groups in total. The molecule has 5 heteroatoms. The predicted molar refractivity (Wildman–Crippen MR) is 48.7 cm³/mol. The summed E-state index contributed by atoms with van der Waals surface area (Å²) in [5, 5.41) is 1.59. The van der Waals surface area contributed by atoms with Gasteiger partial charge in [-0.25, -0.2) is 0 Å². The highest BCUT2D eigenvalue weighted by Gasteiger charge is 2.28. The van der Waals surface area contributed by atoms with Gasteiger partial charge in [-0.15, -0.1) is 11.3 Å². The smallest absolute Gasteiger partial charge is 0.294 e. The molecule has 14 heavy (non-hydrogen) atoms. The maximum absolute atomic E-state index is 11.8. The minimum Gasteiger partial charge on any atom is -0.294 e. The van der Waals surface area contributed by atoms with Gasteiger partial charge in [0.1, 0.15) is 0 Å². The van der Waals surface area contributed by atoms with Crippen LogP contribution in [0.5, 0.6) is 0 Å². The number of Topliss-reactive ketones (excluding diaryl/α,β-unsaturated/α-hetero) is 1. The molecular weight excluding hydrogens is 213 g/mol. The van der Waals surface area contributed by atoms with Crippen LogP contribution in [0.15, 0.2) is 11.4 Å². The van der Waals surface area contributed by atoms with Crippen LogP contribution in [0.2, 0.25) is 0 Å². The van der Waals surface area contributed by atoms with E-state index < -0.39 is 24.8 Å². The topological polar surface area (TPSA) is 17.1 Å². The summed E-state index contributed by atoms with van der Waals surface area (Å²) in [7, 11) is 0. The molecule has 1 aromatic heterocycles. The van der Waals surface area contributed by atoms with E-state index in [4.69, 9.17) is 0 Å². The minimum atomic E-state index is -4.25. The second-order valence-electron chi connectivity index (χ2n) is 2.98. The van der Waals surface area contributed by atoms with Crippen LogP contribution in [0.4, 0.5) is 13.2 Å². The molecule has 1 rings (SSSR count). The summed E-state index contributed by atoms with van der Waals surface area (Å²) in [6.45, 7) is 1.81. The van der Waals surface area contributed by atoms with Gasteiger partial charge in [-0.05, 0) is 13.0 Å². The second-order valence-corrected chi connectivity index (χ2v) is 4.10. The fraction of sp³-hybridized carbons (Fsp3) is 0.444. The van der Waals surface area contributed by atoms with Gasteiger partial charge in [-0.3, -0.25) is 4.79 Å². The summed E-state index contributed by atoms with van der Waals surface area (Å²) in [5.41, 5.74) is 0.386. The Kier molecular flexibility index (Phi) is 3.31. The molecule has 0 aliphatic heterocycles. The molecular formula is C9H9F3OS. The number of halogens is 3. The van der Waals surface area contributed by atoms with E-state index in [1.807, 2.05) is 6.92 Å². The lowest BCUT2D eigenvalue weighted by molar-refractivity contribution is -0.133. The summed E-state index contributed by atoms with van der Waals surface area (Å²) < 4.78 is 35.4. The zero-order valence-corrected chi connectivity index (χ0v) is 8.34. The van der Waals surface area contributed by atoms with Gasteiger partial charge in [0.05, 0.1) is 6.42 Å². The highest BCUT2D eigenvalue weighted by Crippen LogP contribution is 2.23. The molecule has 0 aliphatic carbocycles. The molecule has 0 amide bonds. The number of carbonyl (C=O) groups is 1. The van der Waals surface area contributed by atoms with Crippen molar-refractivity contribution >= 4 is 17.1 Å². The van der Waals surface area contributed by atoms with Crippen LogP contribution < -0.4 is 0 Å². The molecule has 0 spiro atoms. The summed E-state index contributed by atoms with van der Waals surface area (Å²) in [6, 6.07) is 1.61. The quantitative estimate of drug-likeness (QED) is 0.714. The van der Waals surface area contributed by atoms with Crippen molar-refractivity contribution in [3.05, 3.63) is 21.9 Å². The largest absolute Gasteiger partial charge is 0.389 e. The standard InChI is InChI=1S/C9H9F3OS/c1-6-4-7(5-14-6)8(13)2-3-9(10,11)12/h4-5H,2-3H2,1H3. The van der Waals surface area contributed by atoms with Crippen molar-refractivity contribution in [2.24, 2.45) is 0 Å². The Morgan fingerprint density at radius 2 is 2.14 bits per heavy atom. The van der Waals surface area contributed by atoms with Gasteiger partial charge >= 0.3 is 6.18 Å². The highest BCUT2D eigenvalue weighted by molar-refractivity contribution is 7.10. The molecule has 0 bridgehead atoms. The monoisotopic (exact) mass is 222 g/mol. The third kappa shape index (κ3) is 3.49. The first-order valence-corrected chi connectivity index (χ1v) is 4.91. The van der Waals surface area contributed by atoms with E-state index in [2.05, 4.69) is 0 Å². The number of hydrogen-bond acceptors (Lipinski definition) is 2. The van der Waals surface area contributed by atoms with Gasteiger partial charge in [0, 0.05) is 22.2 Å². The molecule has 0 saturated heterocycles. The summed E-state index contributed by atoms with van der Waals surface area (Å²) in [4.78, 5) is 12.1. The maximum Gasteiger partial charge on any atom is 0.389 e. The number of thiophene rings is 1. The fourth-order valence-corrected chi connectivity index (χ4v) is 1.70. The SMILES string of the molecule is Cc1cc(C(=O)CCC(F)(F)F)cs1. The Morgan fingerprint density at radius 1 is 1.50 bits per heavy atom. The lowest BCUT2D eigenvalue weighted by atomic mass is 10.1. The Balaban J connectivity index is 2.52. The molecule has 1 nitrogen and oxygen atoms in total. The molecule has 1 aromatic rings. The molecule has 0 aromatic carbocycles. The zero-order valence-electron chi connectivity index (χ0n) is 7.52.